The predicted octanol–water partition coefficient (Wildman–Crippen LogP) is 12.5. The van der Waals surface area contributed by atoms with Crippen molar-refractivity contribution in [1.82, 2.24) is 10.6 Å². The van der Waals surface area contributed by atoms with Gasteiger partial charge in [-0.05, 0) is 38.5 Å². The number of aliphatic hydroxyl groups is 11. The van der Waals surface area contributed by atoms with E-state index in [0.717, 1.165) is 58.3 Å². The van der Waals surface area contributed by atoms with E-state index in [-0.39, 0.29) is 18.9 Å². The summed E-state index contributed by atoms with van der Waals surface area (Å²) in [5, 5.41) is 137. The van der Waals surface area contributed by atoms with Gasteiger partial charge >= 0.3 is 5.97 Å². The minimum atomic E-state index is -3.08. The maximum absolute atomic E-state index is 13.6. The molecule has 3 aliphatic rings. The van der Waals surface area contributed by atoms with Crippen molar-refractivity contribution >= 4 is 17.8 Å². The fourth-order valence-corrected chi connectivity index (χ4v) is 15.2. The van der Waals surface area contributed by atoms with Crippen molar-refractivity contribution in [2.45, 2.75) is 471 Å². The van der Waals surface area contributed by atoms with Gasteiger partial charge in [-0.2, -0.15) is 0 Å². The smallest absolute Gasteiger partial charge is 0.364 e. The molecule has 3 saturated heterocycles. The van der Waals surface area contributed by atoms with Crippen LogP contribution in [0.25, 0.3) is 0 Å². The number of allylic oxidation sites excluding steroid dienone is 2. The maximum atomic E-state index is 13.6. The van der Waals surface area contributed by atoms with Gasteiger partial charge in [0.2, 0.25) is 11.8 Å². The lowest BCUT2D eigenvalue weighted by Gasteiger charge is -2.50. The van der Waals surface area contributed by atoms with E-state index in [2.05, 4.69) is 36.6 Å². The molecule has 106 heavy (non-hydrogen) atoms. The standard InChI is InChI=1S/C83H156N2O21/c1-4-6-8-10-12-14-16-18-20-22-24-26-28-29-30-31-32-33-34-35-37-39-41-43-45-47-49-51-53-55-57-70(93)85-64(65(90)56-54-52-50-48-46-44-42-40-38-36-27-25-23-21-19-17-15-13-11-9-7-5-2)62-101-80-75(97)74(96)77(69(61-88)103-80)104-81-76(98)79(73(95)68(60-87)102-81)106-83(82(99)100)58-66(91)71(84-63(3)89)78(105-83)72(94)67(92)59-86/h29-30,64-69,71-81,86-88,90-92,94-98H,4-28,31-62H2,1-3H3,(H,84,89)(H,85,93)(H,99,100)/b30-29-. The molecule has 23 nitrogen and oxygen atoms in total. The Bertz CT molecular complexity index is 2150. The molecule has 0 aliphatic carbocycles. The number of unbranched alkanes of at least 4 members (excludes halogenated alkanes) is 47. The highest BCUT2D eigenvalue weighted by Gasteiger charge is 2.60. The number of aliphatic hydroxyl groups excluding tert-OH is 11. The Morgan fingerprint density at radius 1 is 0.481 bits per heavy atom. The lowest BCUT2D eigenvalue weighted by atomic mass is 9.88. The van der Waals surface area contributed by atoms with E-state index >= 15 is 0 Å². The van der Waals surface area contributed by atoms with Crippen LogP contribution in [0.1, 0.15) is 361 Å². The van der Waals surface area contributed by atoms with Gasteiger partial charge in [0.1, 0.15) is 67.1 Å². The first-order valence-electron chi connectivity index (χ1n) is 43.0. The van der Waals surface area contributed by atoms with Crippen LogP contribution in [0.3, 0.4) is 0 Å². The number of carbonyl (C=O) groups is 3. The molecule has 0 aromatic rings. The van der Waals surface area contributed by atoms with Gasteiger partial charge in [-0.15, -0.1) is 0 Å². The summed E-state index contributed by atoms with van der Waals surface area (Å²) in [6.45, 7) is 2.28. The van der Waals surface area contributed by atoms with Crippen molar-refractivity contribution in [1.29, 1.82) is 0 Å². The van der Waals surface area contributed by atoms with Crippen molar-refractivity contribution in [3.8, 4) is 0 Å². The summed E-state index contributed by atoms with van der Waals surface area (Å²) in [6, 6.07) is -2.53. The first-order valence-corrected chi connectivity index (χ1v) is 43.0. The zero-order valence-electron chi connectivity index (χ0n) is 66.3. The van der Waals surface area contributed by atoms with Gasteiger partial charge in [-0.3, -0.25) is 9.59 Å². The average Bonchev–Trinajstić information content (AvgIpc) is 0.753. The summed E-state index contributed by atoms with van der Waals surface area (Å²) < 4.78 is 35.0. The molecule has 18 atom stereocenters. The Morgan fingerprint density at radius 3 is 1.27 bits per heavy atom. The summed E-state index contributed by atoms with van der Waals surface area (Å²) in [5.41, 5.74) is 0. The molecule has 14 N–H and O–H groups in total. The van der Waals surface area contributed by atoms with Crippen molar-refractivity contribution in [2.24, 2.45) is 0 Å². The molecule has 0 radical (unpaired) electrons. The van der Waals surface area contributed by atoms with Crippen molar-refractivity contribution in [3.63, 3.8) is 0 Å². The number of ether oxygens (including phenoxy) is 6. The molecule has 23 heteroatoms. The Hall–Kier alpha value is -2.53. The van der Waals surface area contributed by atoms with Gasteiger partial charge in [0.25, 0.3) is 5.79 Å². The number of carbonyl (C=O) groups excluding carboxylic acids is 2. The predicted molar refractivity (Wildman–Crippen MR) is 412 cm³/mol. The highest BCUT2D eigenvalue weighted by molar-refractivity contribution is 5.77. The van der Waals surface area contributed by atoms with E-state index in [1.165, 1.54) is 257 Å². The first-order chi connectivity index (χ1) is 51.4. The summed E-state index contributed by atoms with van der Waals surface area (Å²) in [4.78, 5) is 38.8. The van der Waals surface area contributed by atoms with Crippen LogP contribution in [-0.4, -0.2) is 215 Å². The molecule has 0 aromatic carbocycles. The second-order valence-corrected chi connectivity index (χ2v) is 31.4. The Kier molecular flexibility index (Phi) is 57.1. The SMILES string of the molecule is CCCCCCCCCCCCCC/C=C\CCCCCCCCCCCCCCCCC(=O)NC(COC1OC(CO)C(OC2OC(CO)C(O)C(OC3(C(=O)O)CC(O)C(NC(C)=O)C(C(O)C(O)CO)O3)C2O)C(O)C1O)C(O)CCCCCCCCCCCCCCCCCCCCCCCC. The van der Waals surface area contributed by atoms with Crippen molar-refractivity contribution in [2.75, 3.05) is 26.4 Å². The van der Waals surface area contributed by atoms with Crippen molar-refractivity contribution in [3.05, 3.63) is 12.2 Å². The number of nitrogens with one attached hydrogen (secondary N) is 2. The molecular weight excluding hydrogens is 1360 g/mol. The molecule has 3 fully saturated rings. The van der Waals surface area contributed by atoms with Crippen LogP contribution in [0.2, 0.25) is 0 Å². The molecule has 3 aliphatic heterocycles. The second kappa shape index (κ2) is 62.0. The molecule has 3 rings (SSSR count). The van der Waals surface area contributed by atoms with Gasteiger partial charge in [0.15, 0.2) is 12.6 Å². The van der Waals surface area contributed by atoms with E-state index < -0.39 is 148 Å². The molecule has 0 saturated carbocycles. The van der Waals surface area contributed by atoms with Crippen molar-refractivity contribution < 1.29 is 104 Å². The molecule has 2 amide bonds. The minimum absolute atomic E-state index is 0.227. The summed E-state index contributed by atoms with van der Waals surface area (Å²) in [7, 11) is 0. The highest BCUT2D eigenvalue weighted by atomic mass is 16.8. The Balaban J connectivity index is 1.47. The van der Waals surface area contributed by atoms with Crippen LogP contribution in [-0.2, 0) is 42.8 Å². The van der Waals surface area contributed by atoms with Gasteiger partial charge in [-0.25, -0.2) is 4.79 Å². The molecule has 624 valence electrons. The number of aliphatic carboxylic acids is 1. The van der Waals surface area contributed by atoms with Crippen LogP contribution in [0.15, 0.2) is 12.2 Å². The van der Waals surface area contributed by atoms with E-state index in [0.29, 0.717) is 19.3 Å². The van der Waals surface area contributed by atoms with Crippen LogP contribution < -0.4 is 10.6 Å². The summed E-state index contributed by atoms with van der Waals surface area (Å²) >= 11 is 0. The maximum Gasteiger partial charge on any atom is 0.364 e. The normalized spacial score (nSPS) is 26.1. The van der Waals surface area contributed by atoms with E-state index in [1.54, 1.807) is 0 Å². The number of hydrogen-bond acceptors (Lipinski definition) is 20. The number of carboxylic acid groups (broad SMARTS) is 1. The minimum Gasteiger partial charge on any atom is -0.477 e. The second-order valence-electron chi connectivity index (χ2n) is 31.4. The van der Waals surface area contributed by atoms with Crippen LogP contribution in [0, 0.1) is 0 Å². The Labute approximate surface area is 639 Å². The third-order valence-electron chi connectivity index (χ3n) is 22.0. The van der Waals surface area contributed by atoms with Gasteiger partial charge in [0, 0.05) is 19.8 Å². The summed E-state index contributed by atoms with van der Waals surface area (Å²) in [5.74, 6) is -6.09. The average molecular weight is 1520 g/mol. The third-order valence-corrected chi connectivity index (χ3v) is 22.0. The largest absolute Gasteiger partial charge is 0.477 e. The van der Waals surface area contributed by atoms with E-state index in [1.807, 2.05) is 0 Å². The summed E-state index contributed by atoms with van der Waals surface area (Å²) in [6.07, 6.45) is 39.2. The fourth-order valence-electron chi connectivity index (χ4n) is 15.2. The quantitative estimate of drug-likeness (QED) is 0.0199. The first kappa shape index (κ1) is 97.7. The van der Waals surface area contributed by atoms with E-state index in [4.69, 9.17) is 28.4 Å². The molecule has 0 aromatic heterocycles. The fraction of sp³-hybridized carbons (Fsp3) is 0.940. The third kappa shape index (κ3) is 41.3. The zero-order valence-corrected chi connectivity index (χ0v) is 66.3. The Morgan fingerprint density at radius 2 is 0.877 bits per heavy atom. The lowest BCUT2D eigenvalue weighted by Crippen LogP contribution is -2.70. The van der Waals surface area contributed by atoms with Crippen LogP contribution in [0.5, 0.6) is 0 Å². The van der Waals surface area contributed by atoms with E-state index in [9.17, 15) is 75.7 Å². The van der Waals surface area contributed by atoms with Gasteiger partial charge < -0.3 is 100 Å². The van der Waals surface area contributed by atoms with Crippen LogP contribution >= 0.6 is 0 Å². The number of carboxylic acids is 1. The number of hydrogen-bond donors (Lipinski definition) is 14. The molecule has 18 unspecified atom stereocenters. The molecule has 0 spiro atoms. The molecule has 0 bridgehead atoms. The van der Waals surface area contributed by atoms with Gasteiger partial charge in [-0.1, -0.05) is 315 Å². The topological polar surface area (TPSA) is 373 Å². The molecule has 3 heterocycles. The molecular formula is C83H156N2O21. The lowest BCUT2D eigenvalue weighted by molar-refractivity contribution is -0.386. The number of rotatable bonds is 69. The zero-order chi connectivity index (χ0) is 77.4. The highest BCUT2D eigenvalue weighted by Crippen LogP contribution is 2.39. The van der Waals surface area contributed by atoms with Crippen LogP contribution in [0.4, 0.5) is 0 Å². The number of amides is 2. The van der Waals surface area contributed by atoms with Gasteiger partial charge in [0.05, 0.1) is 50.7 Å². The monoisotopic (exact) mass is 1520 g/mol.